The number of pyridine rings is 1. The topological polar surface area (TPSA) is 48.1 Å². The molecule has 0 atom stereocenters. The Morgan fingerprint density at radius 1 is 1.53 bits per heavy atom. The van der Waals surface area contributed by atoms with E-state index in [0.29, 0.717) is 16.5 Å². The smallest absolute Gasteiger partial charge is 0.402 e. The van der Waals surface area contributed by atoms with Gasteiger partial charge in [0, 0.05) is 17.1 Å². The van der Waals surface area contributed by atoms with Gasteiger partial charge in [0.15, 0.2) is 11.6 Å². The fraction of sp³-hybridized carbons (Fsp3) is 0.375. The molecule has 3 nitrogen and oxygen atoms in total. The molecule has 0 spiro atoms. The van der Waals surface area contributed by atoms with Crippen LogP contribution in [0.15, 0.2) is 6.20 Å². The zero-order valence-electron chi connectivity index (χ0n) is 7.73. The Bertz CT molecular complexity index is 368. The molecule has 1 heterocycles. The van der Waals surface area contributed by atoms with E-state index in [2.05, 4.69) is 25.7 Å². The number of aromatic nitrogens is 1. The Morgan fingerprint density at radius 2 is 2.13 bits per heavy atom. The summed E-state index contributed by atoms with van der Waals surface area (Å²) in [7, 11) is 0. The molecule has 2 N–H and O–H groups in total. The van der Waals surface area contributed by atoms with E-state index in [1.807, 2.05) is 0 Å². The summed E-state index contributed by atoms with van der Waals surface area (Å²) in [5.41, 5.74) is 6.23. The number of alkyl halides is 4. The van der Waals surface area contributed by atoms with Gasteiger partial charge in [0.25, 0.3) is 0 Å². The van der Waals surface area contributed by atoms with Crippen molar-refractivity contribution in [3.8, 4) is 5.75 Å². The highest BCUT2D eigenvalue weighted by Crippen LogP contribution is 2.32. The van der Waals surface area contributed by atoms with Crippen molar-refractivity contribution >= 4 is 21.7 Å². The van der Waals surface area contributed by atoms with Gasteiger partial charge in [-0.15, -0.1) is 13.2 Å². The number of rotatable bonds is 2. The molecule has 0 aliphatic rings. The Hall–Kier alpha value is -0.980. The van der Waals surface area contributed by atoms with E-state index >= 15 is 0 Å². The molecule has 1 rings (SSSR count). The minimum absolute atomic E-state index is 0.269. The molecule has 0 aliphatic carbocycles. The van der Waals surface area contributed by atoms with Gasteiger partial charge in [0.05, 0.1) is 0 Å². The second-order valence-corrected chi connectivity index (χ2v) is 3.36. The lowest BCUT2D eigenvalue weighted by molar-refractivity contribution is -0.274. The summed E-state index contributed by atoms with van der Waals surface area (Å²) in [5.74, 6) is -0.700. The standard InChI is InChI=1S/C8H8BrF3N2O/c1-4-5(2-9)3-14-7(13)6(4)15-8(10,11)12/h3H,2H2,1H3,(H2,13,14). The van der Waals surface area contributed by atoms with Gasteiger partial charge < -0.3 is 10.5 Å². The number of hydrogen-bond acceptors (Lipinski definition) is 3. The molecule has 0 bridgehead atoms. The van der Waals surface area contributed by atoms with E-state index in [4.69, 9.17) is 5.73 Å². The first-order valence-corrected chi connectivity index (χ1v) is 5.03. The van der Waals surface area contributed by atoms with E-state index in [0.717, 1.165) is 0 Å². The monoisotopic (exact) mass is 284 g/mol. The number of halogens is 4. The molecule has 0 unspecified atom stereocenters. The molecule has 0 radical (unpaired) electrons. The third kappa shape index (κ3) is 2.98. The van der Waals surface area contributed by atoms with Gasteiger partial charge >= 0.3 is 6.36 Å². The number of nitrogens with two attached hydrogens (primary N) is 1. The highest BCUT2D eigenvalue weighted by Gasteiger charge is 2.33. The van der Waals surface area contributed by atoms with Crippen LogP contribution in [-0.2, 0) is 5.33 Å². The molecule has 7 heteroatoms. The zero-order chi connectivity index (χ0) is 11.6. The van der Waals surface area contributed by atoms with Crippen molar-refractivity contribution in [2.24, 2.45) is 0 Å². The lowest BCUT2D eigenvalue weighted by Crippen LogP contribution is -2.19. The molecule has 1 aromatic heterocycles. The van der Waals surface area contributed by atoms with Gasteiger partial charge in [-0.1, -0.05) is 15.9 Å². The van der Waals surface area contributed by atoms with Gasteiger partial charge in [0.2, 0.25) is 0 Å². The molecule has 15 heavy (non-hydrogen) atoms. The Kier molecular flexibility index (Phi) is 3.43. The van der Waals surface area contributed by atoms with E-state index in [9.17, 15) is 13.2 Å². The molecule has 0 amide bonds. The van der Waals surface area contributed by atoms with Crippen molar-refractivity contribution in [3.63, 3.8) is 0 Å². The quantitative estimate of drug-likeness (QED) is 0.850. The van der Waals surface area contributed by atoms with Gasteiger partial charge in [-0.05, 0) is 12.5 Å². The Balaban J connectivity index is 3.15. The van der Waals surface area contributed by atoms with E-state index in [1.54, 1.807) is 0 Å². The number of nitrogens with zero attached hydrogens (tertiary/aromatic N) is 1. The Morgan fingerprint density at radius 3 is 2.60 bits per heavy atom. The maximum absolute atomic E-state index is 12.0. The van der Waals surface area contributed by atoms with Crippen molar-refractivity contribution in [1.82, 2.24) is 4.98 Å². The van der Waals surface area contributed by atoms with Gasteiger partial charge in [-0.3, -0.25) is 0 Å². The second-order valence-electron chi connectivity index (χ2n) is 2.80. The third-order valence-corrected chi connectivity index (χ3v) is 2.38. The lowest BCUT2D eigenvalue weighted by atomic mass is 10.1. The predicted octanol–water partition coefficient (Wildman–Crippen LogP) is 2.77. The molecular formula is C8H8BrF3N2O. The average Bonchev–Trinajstić information content (AvgIpc) is 2.11. The normalized spacial score (nSPS) is 11.5. The zero-order valence-corrected chi connectivity index (χ0v) is 9.32. The molecule has 0 fully saturated rings. The maximum Gasteiger partial charge on any atom is 0.573 e. The molecule has 0 aromatic carbocycles. The fourth-order valence-corrected chi connectivity index (χ4v) is 1.59. The van der Waals surface area contributed by atoms with E-state index in [1.165, 1.54) is 13.1 Å². The fourth-order valence-electron chi connectivity index (χ4n) is 1.02. The van der Waals surface area contributed by atoms with Crippen molar-refractivity contribution in [2.45, 2.75) is 18.6 Å². The van der Waals surface area contributed by atoms with Gasteiger partial charge in [0.1, 0.15) is 0 Å². The van der Waals surface area contributed by atoms with Gasteiger partial charge in [-0.25, -0.2) is 4.98 Å². The van der Waals surface area contributed by atoms with Crippen LogP contribution in [0.25, 0.3) is 0 Å². The minimum Gasteiger partial charge on any atom is -0.402 e. The van der Waals surface area contributed by atoms with E-state index < -0.39 is 12.1 Å². The summed E-state index contributed by atoms with van der Waals surface area (Å²) < 4.78 is 39.9. The number of anilines is 1. The minimum atomic E-state index is -4.76. The lowest BCUT2D eigenvalue weighted by Gasteiger charge is -2.14. The van der Waals surface area contributed by atoms with Crippen LogP contribution in [0, 0.1) is 6.92 Å². The largest absolute Gasteiger partial charge is 0.573 e. The molecule has 0 saturated heterocycles. The average molecular weight is 285 g/mol. The van der Waals surface area contributed by atoms with Crippen LogP contribution in [-0.4, -0.2) is 11.3 Å². The summed E-state index contributed by atoms with van der Waals surface area (Å²) in [6.45, 7) is 1.50. The first-order chi connectivity index (χ1) is 6.85. The van der Waals surface area contributed by atoms with Crippen LogP contribution >= 0.6 is 15.9 Å². The van der Waals surface area contributed by atoms with Gasteiger partial charge in [-0.2, -0.15) is 0 Å². The van der Waals surface area contributed by atoms with Crippen LogP contribution in [0.5, 0.6) is 5.75 Å². The van der Waals surface area contributed by atoms with Crippen molar-refractivity contribution in [1.29, 1.82) is 0 Å². The first kappa shape index (κ1) is 12.1. The number of hydrogen-bond donors (Lipinski definition) is 1. The number of ether oxygens (including phenoxy) is 1. The molecule has 0 saturated carbocycles. The maximum atomic E-state index is 12.0. The summed E-state index contributed by atoms with van der Waals surface area (Å²) in [5, 5.41) is 0.389. The van der Waals surface area contributed by atoms with Crippen molar-refractivity contribution in [2.75, 3.05) is 5.73 Å². The molecule has 0 aliphatic heterocycles. The summed E-state index contributed by atoms with van der Waals surface area (Å²) in [4.78, 5) is 3.62. The summed E-state index contributed by atoms with van der Waals surface area (Å²) in [6, 6.07) is 0. The number of nitrogen functional groups attached to an aromatic ring is 1. The SMILES string of the molecule is Cc1c(CBr)cnc(N)c1OC(F)(F)F. The van der Waals surface area contributed by atoms with E-state index in [-0.39, 0.29) is 5.82 Å². The molecular weight excluding hydrogens is 277 g/mol. The van der Waals surface area contributed by atoms with Crippen molar-refractivity contribution < 1.29 is 17.9 Å². The van der Waals surface area contributed by atoms with Crippen LogP contribution in [0.1, 0.15) is 11.1 Å². The Labute approximate surface area is 92.6 Å². The highest BCUT2D eigenvalue weighted by atomic mass is 79.9. The summed E-state index contributed by atoms with van der Waals surface area (Å²) >= 11 is 3.13. The van der Waals surface area contributed by atoms with Crippen molar-refractivity contribution in [3.05, 3.63) is 17.3 Å². The second kappa shape index (κ2) is 4.26. The molecule has 1 aromatic rings. The highest BCUT2D eigenvalue weighted by molar-refractivity contribution is 9.08. The van der Waals surface area contributed by atoms with Crippen LogP contribution in [0.3, 0.4) is 0 Å². The van der Waals surface area contributed by atoms with Crippen LogP contribution < -0.4 is 10.5 Å². The van der Waals surface area contributed by atoms with Crippen LogP contribution in [0.2, 0.25) is 0 Å². The predicted molar refractivity (Wildman–Crippen MR) is 52.7 cm³/mol. The van der Waals surface area contributed by atoms with Crippen LogP contribution in [0.4, 0.5) is 19.0 Å². The third-order valence-electron chi connectivity index (χ3n) is 1.78. The summed E-state index contributed by atoms with van der Waals surface area (Å²) in [6.07, 6.45) is -3.35. The molecule has 84 valence electrons. The first-order valence-electron chi connectivity index (χ1n) is 3.91.